The molecule has 9 aromatic rings. The SMILES string of the molecule is CCOC(=O)[C@@H]1CCC[C@@H](n2nc(-c3ccc(CNC(=O)c4ccccc4C)cc3)c(C(N)=O)c2N)C1.Cc1ccccc1C(=O)NCc1ccc(-c2nn(C3CCC(C(=O)N(C)C)CC3)c(N)c2C(N)=O)cc1.Cc1ccccc1C(=O)NCc1ccc(-c2nn(C3CCC(C(=O)N(C)C)CC3)c(N)c2C(N)=O)cc1. The van der Waals surface area contributed by atoms with Gasteiger partial charge in [-0.25, -0.2) is 14.0 Å². The van der Waals surface area contributed by atoms with Crippen LogP contribution < -0.4 is 50.4 Å². The number of aromatic nitrogens is 6. The van der Waals surface area contributed by atoms with Crippen molar-refractivity contribution in [2.75, 3.05) is 52.0 Å². The molecule has 0 radical (unpaired) electrons. The second-order valence-electron chi connectivity index (χ2n) is 29.1. The fraction of sp³-hybridized carbons (Fsp3) is 0.357. The monoisotopic (exact) mass is 1510 g/mol. The molecule has 2 atom stereocenters. The molecule has 0 bridgehead atoms. The summed E-state index contributed by atoms with van der Waals surface area (Å²) >= 11 is 0. The Morgan fingerprint density at radius 2 is 0.703 bits per heavy atom. The Kier molecular flexibility index (Phi) is 26.8. The zero-order valence-electron chi connectivity index (χ0n) is 64.3. The van der Waals surface area contributed by atoms with Gasteiger partial charge in [-0.05, 0) is 150 Å². The first-order valence-electron chi connectivity index (χ1n) is 37.6. The number of rotatable bonds is 22. The van der Waals surface area contributed by atoms with E-state index in [1.54, 1.807) is 77.2 Å². The van der Waals surface area contributed by atoms with Crippen LogP contribution in [-0.2, 0) is 38.8 Å². The molecule has 0 spiro atoms. The molecule has 6 aromatic carbocycles. The summed E-state index contributed by atoms with van der Waals surface area (Å²) in [4.78, 5) is 115. The van der Waals surface area contributed by atoms with Crippen molar-refractivity contribution in [1.82, 2.24) is 55.1 Å². The quantitative estimate of drug-likeness (QED) is 0.0285. The summed E-state index contributed by atoms with van der Waals surface area (Å²) in [5.41, 5.74) is 47.5. The van der Waals surface area contributed by atoms with E-state index in [0.717, 1.165) is 104 Å². The summed E-state index contributed by atoms with van der Waals surface area (Å²) < 4.78 is 10.2. The van der Waals surface area contributed by atoms with E-state index in [4.69, 9.17) is 49.3 Å². The van der Waals surface area contributed by atoms with E-state index >= 15 is 0 Å². The van der Waals surface area contributed by atoms with Crippen molar-refractivity contribution >= 4 is 70.7 Å². The molecule has 0 unspecified atom stereocenters. The fourth-order valence-electron chi connectivity index (χ4n) is 14.9. The Balaban J connectivity index is 0.000000177. The average Bonchev–Trinajstić information content (AvgIpc) is 1.64. The number of nitrogens with two attached hydrogens (primary N) is 6. The third kappa shape index (κ3) is 19.4. The number of primary amides is 3. The number of ether oxygens (including phenoxy) is 1. The van der Waals surface area contributed by atoms with E-state index in [1.807, 2.05) is 148 Å². The number of nitrogens with one attached hydrogen (secondary N) is 3. The van der Waals surface area contributed by atoms with Crippen LogP contribution in [0.1, 0.15) is 198 Å². The number of esters is 1. The van der Waals surface area contributed by atoms with Crippen molar-refractivity contribution in [3.05, 3.63) is 212 Å². The normalized spacial score (nSPS) is 17.3. The van der Waals surface area contributed by atoms with Crippen LogP contribution in [0.2, 0.25) is 0 Å². The number of nitrogens with zero attached hydrogens (tertiary/aromatic N) is 8. The molecule has 3 fully saturated rings. The lowest BCUT2D eigenvalue weighted by Crippen LogP contribution is -2.33. The van der Waals surface area contributed by atoms with E-state index < -0.39 is 17.7 Å². The number of aryl methyl sites for hydroxylation is 3. The Hall–Kier alpha value is -12.4. The van der Waals surface area contributed by atoms with Gasteiger partial charge in [-0.2, -0.15) is 15.3 Å². The van der Waals surface area contributed by atoms with Crippen LogP contribution in [0.25, 0.3) is 33.8 Å². The molecule has 8 amide bonds. The second kappa shape index (κ2) is 36.7. The molecule has 3 aromatic heterocycles. The largest absolute Gasteiger partial charge is 0.466 e. The second-order valence-corrected chi connectivity index (χ2v) is 29.1. The van der Waals surface area contributed by atoms with Gasteiger partial charge in [0.25, 0.3) is 35.4 Å². The zero-order chi connectivity index (χ0) is 79.9. The predicted octanol–water partition coefficient (Wildman–Crippen LogP) is 10.3. The van der Waals surface area contributed by atoms with Crippen LogP contribution in [0.3, 0.4) is 0 Å². The van der Waals surface area contributed by atoms with Gasteiger partial charge >= 0.3 is 5.97 Å². The van der Waals surface area contributed by atoms with Gasteiger partial charge in [0.15, 0.2) is 0 Å². The summed E-state index contributed by atoms with van der Waals surface area (Å²) in [6.45, 7) is 8.91. The summed E-state index contributed by atoms with van der Waals surface area (Å²) in [6, 6.07) is 44.5. The maximum absolute atomic E-state index is 12.5. The minimum absolute atomic E-state index is 0.00282. The molecule has 0 saturated heterocycles. The lowest BCUT2D eigenvalue weighted by Gasteiger charge is -2.30. The van der Waals surface area contributed by atoms with Gasteiger partial charge in [0.1, 0.15) is 51.2 Å². The van der Waals surface area contributed by atoms with E-state index in [1.165, 1.54) is 0 Å². The van der Waals surface area contributed by atoms with Gasteiger partial charge in [0, 0.05) is 93.0 Å². The number of amides is 8. The Morgan fingerprint density at radius 3 is 0.982 bits per heavy atom. The highest BCUT2D eigenvalue weighted by Gasteiger charge is 2.36. The van der Waals surface area contributed by atoms with Crippen molar-refractivity contribution in [3.8, 4) is 33.8 Å². The predicted molar refractivity (Wildman–Crippen MR) is 426 cm³/mol. The van der Waals surface area contributed by atoms with E-state index in [0.29, 0.717) is 83.1 Å². The van der Waals surface area contributed by atoms with Gasteiger partial charge in [-0.15, -0.1) is 0 Å². The van der Waals surface area contributed by atoms with Gasteiger partial charge in [0.05, 0.1) is 30.7 Å². The molecular weight excluding hydrogens is 1410 g/mol. The number of benzene rings is 6. The van der Waals surface area contributed by atoms with Gasteiger partial charge < -0.3 is 64.9 Å². The molecule has 27 nitrogen and oxygen atoms in total. The molecule has 3 heterocycles. The number of hydrogen-bond acceptors (Lipinski definition) is 16. The zero-order valence-corrected chi connectivity index (χ0v) is 64.3. The molecule has 0 aliphatic heterocycles. The number of anilines is 3. The van der Waals surface area contributed by atoms with Crippen molar-refractivity contribution in [3.63, 3.8) is 0 Å². The lowest BCUT2D eigenvalue weighted by molar-refractivity contribution is -0.149. The Bertz CT molecular complexity index is 4670. The standard InChI is InChI=1S/2C28H34N6O3.C28H33N5O4/c2*1-17-6-4-5-7-22(17)27(36)31-16-18-8-10-19(11-9-18)24-23(26(30)35)25(29)34(32-24)21-14-12-20(13-15-21)28(37)33(2)3;1-3-37-28(36)20-8-6-9-21(15-20)33-25(29)23(26(30)34)24(32-33)19-13-11-18(12-14-19)16-31-27(35)22-10-5-4-7-17(22)2/h2*4-11,20-21H,12-16,29H2,1-3H3,(H2,30,35)(H,31,36);4-5,7,10-14,20-21H,3,6,8-9,15-16,29H2,1-2H3,(H2,30,34)(H,31,35)/t;;20-,21-/m..1/s1. The molecule has 15 N–H and O–H groups in total. The van der Waals surface area contributed by atoms with Crippen molar-refractivity contribution in [2.24, 2.45) is 35.0 Å². The number of nitrogen functional groups attached to an aromatic ring is 3. The number of carbonyl (C=O) groups is 9. The molecule has 3 saturated carbocycles. The first kappa shape index (κ1) is 81.1. The Labute approximate surface area is 646 Å². The molecule has 111 heavy (non-hydrogen) atoms. The molecular formula is C84H101N17O10. The first-order valence-corrected chi connectivity index (χ1v) is 37.6. The van der Waals surface area contributed by atoms with Crippen LogP contribution in [0, 0.1) is 38.5 Å². The molecule has 27 heteroatoms. The third-order valence-corrected chi connectivity index (χ3v) is 21.1. The minimum atomic E-state index is -0.661. The first-order chi connectivity index (χ1) is 53.1. The highest BCUT2D eigenvalue weighted by Crippen LogP contribution is 2.41. The van der Waals surface area contributed by atoms with Crippen molar-refractivity contribution in [2.45, 2.75) is 143 Å². The van der Waals surface area contributed by atoms with Crippen molar-refractivity contribution < 1.29 is 47.9 Å². The smallest absolute Gasteiger partial charge is 0.308 e. The summed E-state index contributed by atoms with van der Waals surface area (Å²) in [5, 5.41) is 22.9. The maximum Gasteiger partial charge on any atom is 0.308 e. The highest BCUT2D eigenvalue weighted by molar-refractivity contribution is 6.05. The third-order valence-electron chi connectivity index (χ3n) is 21.1. The van der Waals surface area contributed by atoms with Crippen molar-refractivity contribution in [1.29, 1.82) is 0 Å². The molecule has 3 aliphatic carbocycles. The van der Waals surface area contributed by atoms with E-state index in [2.05, 4.69) is 21.0 Å². The lowest BCUT2D eigenvalue weighted by atomic mass is 9.85. The van der Waals surface area contributed by atoms with E-state index in [9.17, 15) is 43.2 Å². The number of carbonyl (C=O) groups excluding carboxylic acids is 9. The van der Waals surface area contributed by atoms with Crippen LogP contribution in [0.15, 0.2) is 146 Å². The maximum atomic E-state index is 12.5. The van der Waals surface area contributed by atoms with Gasteiger partial charge in [-0.1, -0.05) is 134 Å². The Morgan fingerprint density at radius 1 is 0.405 bits per heavy atom. The van der Waals surface area contributed by atoms with Crippen LogP contribution >= 0.6 is 0 Å². The van der Waals surface area contributed by atoms with Gasteiger partial charge in [-0.3, -0.25) is 43.2 Å². The number of hydrogen-bond donors (Lipinski definition) is 9. The average molecular weight is 1510 g/mol. The molecule has 582 valence electrons. The summed E-state index contributed by atoms with van der Waals surface area (Å²) in [5.74, 6) is -1.80. The summed E-state index contributed by atoms with van der Waals surface area (Å²) in [6.07, 6.45) is 8.86. The minimum Gasteiger partial charge on any atom is -0.466 e. The highest BCUT2D eigenvalue weighted by atomic mass is 16.5. The molecule has 3 aliphatic rings. The fourth-order valence-corrected chi connectivity index (χ4v) is 14.9. The summed E-state index contributed by atoms with van der Waals surface area (Å²) in [7, 11) is 7.09. The van der Waals surface area contributed by atoms with Crippen LogP contribution in [0.4, 0.5) is 17.5 Å². The van der Waals surface area contributed by atoms with Crippen LogP contribution in [0.5, 0.6) is 0 Å². The topological polar surface area (TPSA) is 415 Å². The molecule has 12 rings (SSSR count). The van der Waals surface area contributed by atoms with Gasteiger partial charge in [0.2, 0.25) is 11.8 Å². The van der Waals surface area contributed by atoms with Crippen LogP contribution in [-0.4, -0.2) is 127 Å². The van der Waals surface area contributed by atoms with E-state index in [-0.39, 0.29) is 106 Å².